The molecular weight excluding hydrogens is 340 g/mol. The van der Waals surface area contributed by atoms with Crippen LogP contribution in [-0.2, 0) is 13.0 Å². The van der Waals surface area contributed by atoms with Gasteiger partial charge in [-0.3, -0.25) is 19.4 Å². The second-order valence-corrected chi connectivity index (χ2v) is 6.27. The second kappa shape index (κ2) is 7.94. The van der Waals surface area contributed by atoms with Crippen LogP contribution >= 0.6 is 11.6 Å². The van der Waals surface area contributed by atoms with Gasteiger partial charge in [0, 0.05) is 43.7 Å². The van der Waals surface area contributed by atoms with Crippen molar-refractivity contribution in [3.63, 3.8) is 0 Å². The Hall–Kier alpha value is -2.67. The van der Waals surface area contributed by atoms with Gasteiger partial charge in [0.15, 0.2) is 0 Å². The van der Waals surface area contributed by atoms with Gasteiger partial charge in [-0.25, -0.2) is 4.98 Å². The van der Waals surface area contributed by atoms with Gasteiger partial charge < -0.3 is 5.32 Å². The first-order chi connectivity index (χ1) is 12.1. The van der Waals surface area contributed by atoms with Gasteiger partial charge in [-0.15, -0.1) is 0 Å². The topological polar surface area (TPSA) is 88.5 Å². The Morgan fingerprint density at radius 2 is 2.16 bits per heavy atom. The smallest absolute Gasteiger partial charge is 0.252 e. The average Bonchev–Trinajstić information content (AvgIpc) is 3.00. The standard InChI is InChI=1S/C17H19ClN6O/c1-12(10-24-11-14(18)9-21-24)15-8-16(25)23-17(22-15)20-7-4-13-2-5-19-6-3-13/h2-3,5-6,8-9,11-12H,4,7,10H2,1H3,(H2,20,22,23,25)/t12-/m0/s1. The van der Waals surface area contributed by atoms with Gasteiger partial charge >= 0.3 is 0 Å². The molecule has 0 fully saturated rings. The fourth-order valence-corrected chi connectivity index (χ4v) is 2.66. The molecule has 25 heavy (non-hydrogen) atoms. The van der Waals surface area contributed by atoms with Crippen LogP contribution in [0.4, 0.5) is 5.95 Å². The molecule has 0 aliphatic carbocycles. The van der Waals surface area contributed by atoms with Crippen LogP contribution in [0, 0.1) is 0 Å². The molecule has 0 aliphatic rings. The number of aromatic amines is 1. The summed E-state index contributed by atoms with van der Waals surface area (Å²) in [6.07, 6.45) is 7.68. The van der Waals surface area contributed by atoms with Crippen LogP contribution in [0.25, 0.3) is 0 Å². The van der Waals surface area contributed by atoms with E-state index in [4.69, 9.17) is 11.6 Å². The zero-order chi connectivity index (χ0) is 17.6. The Morgan fingerprint density at radius 1 is 1.36 bits per heavy atom. The van der Waals surface area contributed by atoms with Crippen molar-refractivity contribution < 1.29 is 0 Å². The maximum absolute atomic E-state index is 11.9. The van der Waals surface area contributed by atoms with E-state index in [1.54, 1.807) is 29.5 Å². The zero-order valence-electron chi connectivity index (χ0n) is 13.8. The van der Waals surface area contributed by atoms with Gasteiger partial charge in [-0.1, -0.05) is 18.5 Å². The van der Waals surface area contributed by atoms with E-state index >= 15 is 0 Å². The van der Waals surface area contributed by atoms with Gasteiger partial charge in [0.1, 0.15) is 0 Å². The number of H-pyrrole nitrogens is 1. The van der Waals surface area contributed by atoms with Crippen LogP contribution in [-0.4, -0.2) is 31.3 Å². The average molecular weight is 359 g/mol. The van der Waals surface area contributed by atoms with E-state index in [1.165, 1.54) is 11.6 Å². The van der Waals surface area contributed by atoms with Gasteiger partial charge in [0.25, 0.3) is 5.56 Å². The highest BCUT2D eigenvalue weighted by atomic mass is 35.5. The van der Waals surface area contributed by atoms with Crippen LogP contribution in [0.1, 0.15) is 24.1 Å². The predicted molar refractivity (Wildman–Crippen MR) is 96.9 cm³/mol. The highest BCUT2D eigenvalue weighted by molar-refractivity contribution is 6.30. The van der Waals surface area contributed by atoms with Crippen molar-refractivity contribution in [1.29, 1.82) is 0 Å². The van der Waals surface area contributed by atoms with Crippen LogP contribution < -0.4 is 10.9 Å². The molecule has 7 nitrogen and oxygen atoms in total. The molecule has 0 aromatic carbocycles. The van der Waals surface area contributed by atoms with E-state index in [1.807, 2.05) is 19.1 Å². The van der Waals surface area contributed by atoms with Crippen LogP contribution in [0.15, 0.2) is 47.8 Å². The van der Waals surface area contributed by atoms with Crippen molar-refractivity contribution in [2.75, 3.05) is 11.9 Å². The fourth-order valence-electron chi connectivity index (χ4n) is 2.50. The fraction of sp³-hybridized carbons (Fsp3) is 0.294. The van der Waals surface area contributed by atoms with Crippen molar-refractivity contribution in [2.24, 2.45) is 0 Å². The molecule has 3 aromatic heterocycles. The van der Waals surface area contributed by atoms with E-state index in [0.29, 0.717) is 29.8 Å². The molecule has 3 heterocycles. The van der Waals surface area contributed by atoms with Crippen LogP contribution in [0.5, 0.6) is 0 Å². The first-order valence-corrected chi connectivity index (χ1v) is 8.40. The molecule has 8 heteroatoms. The number of aromatic nitrogens is 5. The minimum absolute atomic E-state index is 0.0269. The first-order valence-electron chi connectivity index (χ1n) is 8.02. The normalized spacial score (nSPS) is 12.1. The number of hydrogen-bond acceptors (Lipinski definition) is 5. The third-order valence-corrected chi connectivity index (χ3v) is 3.98. The monoisotopic (exact) mass is 358 g/mol. The molecule has 130 valence electrons. The minimum atomic E-state index is -0.179. The number of anilines is 1. The van der Waals surface area contributed by atoms with Crippen LogP contribution in [0.2, 0.25) is 5.02 Å². The Labute approximate surface area is 150 Å². The molecule has 0 aliphatic heterocycles. The summed E-state index contributed by atoms with van der Waals surface area (Å²) in [5, 5.41) is 7.91. The molecule has 3 rings (SSSR count). The highest BCUT2D eigenvalue weighted by Crippen LogP contribution is 2.16. The third kappa shape index (κ3) is 4.90. The summed E-state index contributed by atoms with van der Waals surface area (Å²) >= 11 is 5.88. The summed E-state index contributed by atoms with van der Waals surface area (Å²) < 4.78 is 1.74. The van der Waals surface area contributed by atoms with E-state index < -0.39 is 0 Å². The Bertz CT molecular complexity index is 876. The summed E-state index contributed by atoms with van der Waals surface area (Å²) in [6.45, 7) is 3.26. The lowest BCUT2D eigenvalue weighted by atomic mass is 10.1. The van der Waals surface area contributed by atoms with Gasteiger partial charge in [-0.05, 0) is 24.1 Å². The minimum Gasteiger partial charge on any atom is -0.355 e. The highest BCUT2D eigenvalue weighted by Gasteiger charge is 2.11. The molecular formula is C17H19ClN6O. The predicted octanol–water partition coefficient (Wildman–Crippen LogP) is 2.47. The van der Waals surface area contributed by atoms with Crippen LogP contribution in [0.3, 0.4) is 0 Å². The number of pyridine rings is 1. The third-order valence-electron chi connectivity index (χ3n) is 3.78. The number of hydrogen-bond donors (Lipinski definition) is 2. The van der Waals surface area contributed by atoms with Crippen molar-refractivity contribution in [3.8, 4) is 0 Å². The summed E-state index contributed by atoms with van der Waals surface area (Å²) in [5.41, 5.74) is 1.70. The molecule has 1 atom stereocenters. The lowest BCUT2D eigenvalue weighted by Gasteiger charge is -2.12. The van der Waals surface area contributed by atoms with E-state index in [9.17, 15) is 4.79 Å². The summed E-state index contributed by atoms with van der Waals surface area (Å²) in [4.78, 5) is 23.2. The molecule has 0 bridgehead atoms. The van der Waals surface area contributed by atoms with Gasteiger partial charge in [-0.2, -0.15) is 5.10 Å². The van der Waals surface area contributed by atoms with E-state index in [-0.39, 0.29) is 11.5 Å². The van der Waals surface area contributed by atoms with E-state index in [0.717, 1.165) is 6.42 Å². The lowest BCUT2D eigenvalue weighted by molar-refractivity contribution is 0.534. The summed E-state index contributed by atoms with van der Waals surface area (Å²) in [6, 6.07) is 5.45. The first kappa shape index (κ1) is 17.2. The van der Waals surface area contributed by atoms with Gasteiger partial charge in [0.2, 0.25) is 5.95 Å². The van der Waals surface area contributed by atoms with E-state index in [2.05, 4.69) is 25.4 Å². The molecule has 2 N–H and O–H groups in total. The van der Waals surface area contributed by atoms with Crippen molar-refractivity contribution in [3.05, 3.63) is 69.6 Å². The van der Waals surface area contributed by atoms with Crippen molar-refractivity contribution in [2.45, 2.75) is 25.8 Å². The molecule has 0 saturated carbocycles. The number of rotatable bonds is 7. The molecule has 0 spiro atoms. The molecule has 0 radical (unpaired) electrons. The van der Waals surface area contributed by atoms with Crippen molar-refractivity contribution >= 4 is 17.5 Å². The Kier molecular flexibility index (Phi) is 5.45. The SMILES string of the molecule is C[C@@H](Cn1cc(Cl)cn1)c1cc(=O)[nH]c(NCCc2ccncc2)n1. The molecule has 0 unspecified atom stereocenters. The number of nitrogens with one attached hydrogen (secondary N) is 2. The maximum Gasteiger partial charge on any atom is 0.252 e. The quantitative estimate of drug-likeness (QED) is 0.677. The molecule has 0 saturated heterocycles. The summed E-state index contributed by atoms with van der Waals surface area (Å²) in [7, 11) is 0. The molecule has 3 aromatic rings. The number of halogens is 1. The lowest BCUT2D eigenvalue weighted by Crippen LogP contribution is -2.18. The number of nitrogens with zero attached hydrogens (tertiary/aromatic N) is 4. The Morgan fingerprint density at radius 3 is 2.88 bits per heavy atom. The molecule has 0 amide bonds. The van der Waals surface area contributed by atoms with Crippen molar-refractivity contribution in [1.82, 2.24) is 24.7 Å². The Balaban J connectivity index is 1.64. The maximum atomic E-state index is 11.9. The van der Waals surface area contributed by atoms with Gasteiger partial charge in [0.05, 0.1) is 16.9 Å². The second-order valence-electron chi connectivity index (χ2n) is 5.83. The zero-order valence-corrected chi connectivity index (χ0v) is 14.6. The summed E-state index contributed by atoms with van der Waals surface area (Å²) in [5.74, 6) is 0.501. The largest absolute Gasteiger partial charge is 0.355 e.